The van der Waals surface area contributed by atoms with Crippen molar-refractivity contribution in [2.45, 2.75) is 12.5 Å². The molecule has 4 nitrogen and oxygen atoms in total. The van der Waals surface area contributed by atoms with Gasteiger partial charge in [-0.3, -0.25) is 4.79 Å². The molecule has 110 valence electrons. The summed E-state index contributed by atoms with van der Waals surface area (Å²) in [5.41, 5.74) is 1.91. The fourth-order valence-electron chi connectivity index (χ4n) is 2.24. The Bertz CT molecular complexity index is 671. The molecule has 2 heterocycles. The Hall–Kier alpha value is -1.37. The fourth-order valence-corrected chi connectivity index (χ4v) is 3.58. The third kappa shape index (κ3) is 3.28. The second-order valence-corrected chi connectivity index (χ2v) is 6.65. The van der Waals surface area contributed by atoms with E-state index in [1.807, 2.05) is 23.6 Å². The largest absolute Gasteiger partial charge is 0.493 e. The number of amides is 1. The van der Waals surface area contributed by atoms with Crippen molar-refractivity contribution < 1.29 is 14.6 Å². The molecule has 1 atom stereocenters. The van der Waals surface area contributed by atoms with Crippen molar-refractivity contribution in [2.75, 3.05) is 13.2 Å². The van der Waals surface area contributed by atoms with Gasteiger partial charge in [0.05, 0.1) is 17.6 Å². The van der Waals surface area contributed by atoms with Crippen LogP contribution in [0.5, 0.6) is 5.75 Å². The minimum atomic E-state index is -0.719. The molecule has 0 saturated carbocycles. The van der Waals surface area contributed by atoms with Crippen LogP contribution in [0.25, 0.3) is 0 Å². The summed E-state index contributed by atoms with van der Waals surface area (Å²) in [5.74, 6) is 0.715. The highest BCUT2D eigenvalue weighted by molar-refractivity contribution is 9.10. The van der Waals surface area contributed by atoms with Gasteiger partial charge in [0.2, 0.25) is 0 Å². The second-order valence-electron chi connectivity index (χ2n) is 4.82. The van der Waals surface area contributed by atoms with Crippen LogP contribution in [0.3, 0.4) is 0 Å². The van der Waals surface area contributed by atoms with Gasteiger partial charge in [0.25, 0.3) is 5.91 Å². The number of carbonyl (C=O) groups is 1. The molecule has 2 N–H and O–H groups in total. The molecule has 21 heavy (non-hydrogen) atoms. The zero-order valence-electron chi connectivity index (χ0n) is 11.1. The van der Waals surface area contributed by atoms with Crippen LogP contribution in [0, 0.1) is 0 Å². The summed E-state index contributed by atoms with van der Waals surface area (Å²) in [6.07, 6.45) is 0.147. The molecule has 0 spiro atoms. The number of carbonyl (C=O) groups excluding carboxylic acids is 1. The summed E-state index contributed by atoms with van der Waals surface area (Å²) in [7, 11) is 0. The Morgan fingerprint density at radius 3 is 3.10 bits per heavy atom. The SMILES string of the molecule is O=C(NCC(O)c1ccc2c(c1)CCO2)c1cc(Br)cs1. The van der Waals surface area contributed by atoms with Gasteiger partial charge >= 0.3 is 0 Å². The van der Waals surface area contributed by atoms with Crippen LogP contribution < -0.4 is 10.1 Å². The van der Waals surface area contributed by atoms with Crippen LogP contribution in [0.15, 0.2) is 34.1 Å². The molecule has 0 bridgehead atoms. The first-order valence-corrected chi connectivity index (χ1v) is 8.26. The van der Waals surface area contributed by atoms with Crippen molar-refractivity contribution in [3.05, 3.63) is 50.1 Å². The van der Waals surface area contributed by atoms with Gasteiger partial charge in [0.15, 0.2) is 0 Å². The van der Waals surface area contributed by atoms with E-state index in [-0.39, 0.29) is 12.5 Å². The lowest BCUT2D eigenvalue weighted by Gasteiger charge is -2.13. The third-order valence-corrected chi connectivity index (χ3v) is 5.04. The summed E-state index contributed by atoms with van der Waals surface area (Å²) < 4.78 is 6.32. The lowest BCUT2D eigenvalue weighted by Crippen LogP contribution is -2.27. The van der Waals surface area contributed by atoms with Crippen LogP contribution in [0.2, 0.25) is 0 Å². The van der Waals surface area contributed by atoms with Crippen LogP contribution in [0.1, 0.15) is 26.9 Å². The number of rotatable bonds is 4. The maximum atomic E-state index is 11.9. The van der Waals surface area contributed by atoms with E-state index in [0.717, 1.165) is 27.8 Å². The number of halogens is 1. The zero-order valence-corrected chi connectivity index (χ0v) is 13.5. The van der Waals surface area contributed by atoms with Crippen molar-refractivity contribution in [3.8, 4) is 5.75 Å². The highest BCUT2D eigenvalue weighted by Crippen LogP contribution is 2.28. The highest BCUT2D eigenvalue weighted by Gasteiger charge is 2.16. The van der Waals surface area contributed by atoms with Gasteiger partial charge in [0, 0.05) is 22.8 Å². The van der Waals surface area contributed by atoms with Crippen molar-refractivity contribution >= 4 is 33.2 Å². The molecule has 3 rings (SSSR count). The average molecular weight is 368 g/mol. The number of thiophene rings is 1. The summed E-state index contributed by atoms with van der Waals surface area (Å²) >= 11 is 4.68. The van der Waals surface area contributed by atoms with Crippen molar-refractivity contribution in [1.82, 2.24) is 5.32 Å². The molecular formula is C15H14BrNO3S. The number of aliphatic hydroxyl groups is 1. The topological polar surface area (TPSA) is 58.6 Å². The quantitative estimate of drug-likeness (QED) is 0.873. The predicted molar refractivity (Wildman–Crippen MR) is 85.0 cm³/mol. The number of hydrogen-bond acceptors (Lipinski definition) is 4. The van der Waals surface area contributed by atoms with Gasteiger partial charge in [-0.2, -0.15) is 0 Å². The van der Waals surface area contributed by atoms with E-state index in [0.29, 0.717) is 11.5 Å². The van der Waals surface area contributed by atoms with Crippen molar-refractivity contribution in [2.24, 2.45) is 0 Å². The number of ether oxygens (including phenoxy) is 1. The van der Waals surface area contributed by atoms with Gasteiger partial charge in [-0.25, -0.2) is 0 Å². The third-order valence-electron chi connectivity index (χ3n) is 3.35. The number of fused-ring (bicyclic) bond motifs is 1. The van der Waals surface area contributed by atoms with Gasteiger partial charge in [-0.15, -0.1) is 11.3 Å². The minimum Gasteiger partial charge on any atom is -0.493 e. The first-order valence-electron chi connectivity index (χ1n) is 6.59. The normalized spacial score (nSPS) is 14.4. The van der Waals surface area contributed by atoms with Gasteiger partial charge in [-0.05, 0) is 45.3 Å². The maximum absolute atomic E-state index is 11.9. The molecule has 1 aliphatic heterocycles. The van der Waals surface area contributed by atoms with E-state index < -0.39 is 6.10 Å². The number of nitrogens with one attached hydrogen (secondary N) is 1. The molecule has 0 aliphatic carbocycles. The minimum absolute atomic E-state index is 0.172. The molecule has 2 aromatic rings. The van der Waals surface area contributed by atoms with Crippen LogP contribution >= 0.6 is 27.3 Å². The molecule has 1 aromatic heterocycles. The van der Waals surface area contributed by atoms with Gasteiger partial charge < -0.3 is 15.2 Å². The molecule has 0 fully saturated rings. The van der Waals surface area contributed by atoms with E-state index in [4.69, 9.17) is 4.74 Å². The molecule has 1 aromatic carbocycles. The van der Waals surface area contributed by atoms with Crippen LogP contribution in [-0.4, -0.2) is 24.2 Å². The molecule has 1 amide bonds. The number of hydrogen-bond donors (Lipinski definition) is 2. The fraction of sp³-hybridized carbons (Fsp3) is 0.267. The van der Waals surface area contributed by atoms with Crippen molar-refractivity contribution in [3.63, 3.8) is 0 Å². The lowest BCUT2D eigenvalue weighted by atomic mass is 10.0. The predicted octanol–water partition coefficient (Wildman–Crippen LogP) is 2.91. The number of aliphatic hydroxyl groups excluding tert-OH is 1. The highest BCUT2D eigenvalue weighted by atomic mass is 79.9. The first kappa shape index (κ1) is 14.6. The number of benzene rings is 1. The molecule has 0 radical (unpaired) electrons. The van der Waals surface area contributed by atoms with Crippen LogP contribution in [0.4, 0.5) is 0 Å². The summed E-state index contributed by atoms with van der Waals surface area (Å²) in [5, 5.41) is 14.8. The summed E-state index contributed by atoms with van der Waals surface area (Å²) in [4.78, 5) is 12.6. The molecule has 1 aliphatic rings. The Balaban J connectivity index is 1.61. The Labute approximate surface area is 134 Å². The molecule has 6 heteroatoms. The van der Waals surface area contributed by atoms with E-state index in [9.17, 15) is 9.90 Å². The molecular weight excluding hydrogens is 354 g/mol. The Kier molecular flexibility index (Phi) is 4.28. The zero-order chi connectivity index (χ0) is 14.8. The van der Waals surface area contributed by atoms with Crippen molar-refractivity contribution in [1.29, 1.82) is 0 Å². The maximum Gasteiger partial charge on any atom is 0.261 e. The lowest BCUT2D eigenvalue weighted by molar-refractivity contribution is 0.0920. The van der Waals surface area contributed by atoms with E-state index in [1.165, 1.54) is 11.3 Å². The molecule has 1 unspecified atom stereocenters. The van der Waals surface area contributed by atoms with E-state index in [2.05, 4.69) is 21.2 Å². The monoisotopic (exact) mass is 367 g/mol. The smallest absolute Gasteiger partial charge is 0.261 e. The first-order chi connectivity index (χ1) is 10.1. The second kappa shape index (κ2) is 6.17. The molecule has 0 saturated heterocycles. The van der Waals surface area contributed by atoms with E-state index >= 15 is 0 Å². The van der Waals surface area contributed by atoms with E-state index in [1.54, 1.807) is 6.07 Å². The van der Waals surface area contributed by atoms with Gasteiger partial charge in [0.1, 0.15) is 5.75 Å². The van der Waals surface area contributed by atoms with Gasteiger partial charge in [-0.1, -0.05) is 6.07 Å². The van der Waals surface area contributed by atoms with Crippen LogP contribution in [-0.2, 0) is 6.42 Å². The summed E-state index contributed by atoms with van der Waals surface area (Å²) in [6, 6.07) is 7.42. The average Bonchev–Trinajstić information content (AvgIpc) is 3.12. The Morgan fingerprint density at radius 1 is 1.48 bits per heavy atom. The standard InChI is InChI=1S/C15H14BrNO3S/c16-11-6-14(21-8-11)15(19)17-7-12(18)9-1-2-13-10(5-9)3-4-20-13/h1-2,5-6,8,12,18H,3-4,7H2,(H,17,19). The Morgan fingerprint density at radius 2 is 2.33 bits per heavy atom. The summed E-state index contributed by atoms with van der Waals surface area (Å²) in [6.45, 7) is 0.882.